The lowest BCUT2D eigenvalue weighted by Crippen LogP contribution is -2.53. The van der Waals surface area contributed by atoms with Gasteiger partial charge in [0, 0.05) is 17.0 Å². The van der Waals surface area contributed by atoms with Crippen molar-refractivity contribution < 1.29 is 18.3 Å². The molecule has 138 valence electrons. The van der Waals surface area contributed by atoms with Crippen LogP contribution in [0, 0.1) is 23.2 Å². The van der Waals surface area contributed by atoms with Gasteiger partial charge < -0.3 is 9.84 Å². The van der Waals surface area contributed by atoms with Crippen molar-refractivity contribution in [1.29, 1.82) is 0 Å². The largest absolute Gasteiger partial charge is 0.396 e. The van der Waals surface area contributed by atoms with E-state index >= 15 is 0 Å². The first-order valence-corrected chi connectivity index (χ1v) is 10.6. The first kappa shape index (κ1) is 18.4. The Morgan fingerprint density at radius 2 is 1.92 bits per heavy atom. The van der Waals surface area contributed by atoms with E-state index in [1.165, 1.54) is 5.57 Å². The molecule has 1 aliphatic carbocycles. The molecule has 5 nitrogen and oxygen atoms in total. The summed E-state index contributed by atoms with van der Waals surface area (Å²) in [6.07, 6.45) is 3.33. The van der Waals surface area contributed by atoms with E-state index in [9.17, 15) is 13.5 Å². The van der Waals surface area contributed by atoms with Crippen LogP contribution in [-0.4, -0.2) is 33.0 Å². The molecule has 1 aliphatic heterocycles. The van der Waals surface area contributed by atoms with Gasteiger partial charge in [-0.05, 0) is 36.5 Å². The average Bonchev–Trinajstić information content (AvgIpc) is 2.52. The molecule has 1 saturated heterocycles. The molecule has 3 rings (SSSR count). The SMILES string of the molecule is CC1=CC(C)C2(CO)COC(c3ccc(NS(C)(=O)=O)cc3)C1C2C. The molecule has 2 N–H and O–H groups in total. The van der Waals surface area contributed by atoms with E-state index in [0.29, 0.717) is 18.2 Å². The quantitative estimate of drug-likeness (QED) is 0.805. The molecule has 5 atom stereocenters. The number of sulfonamides is 1. The van der Waals surface area contributed by atoms with Gasteiger partial charge in [0.05, 0.1) is 25.6 Å². The first-order valence-electron chi connectivity index (χ1n) is 8.66. The van der Waals surface area contributed by atoms with Crippen molar-refractivity contribution in [2.24, 2.45) is 23.2 Å². The highest BCUT2D eigenvalue weighted by Crippen LogP contribution is 2.55. The molecule has 1 heterocycles. The molecule has 0 amide bonds. The fraction of sp³-hybridized carbons (Fsp3) is 0.579. The third-order valence-corrected chi connectivity index (χ3v) is 6.69. The maximum Gasteiger partial charge on any atom is 0.229 e. The Kier molecular flexibility index (Phi) is 4.73. The molecule has 2 bridgehead atoms. The van der Waals surface area contributed by atoms with Crippen molar-refractivity contribution in [1.82, 2.24) is 0 Å². The molecule has 0 radical (unpaired) electrons. The summed E-state index contributed by atoms with van der Waals surface area (Å²) in [4.78, 5) is 0. The van der Waals surface area contributed by atoms with Crippen molar-refractivity contribution in [2.45, 2.75) is 26.9 Å². The second kappa shape index (κ2) is 6.41. The Labute approximate surface area is 150 Å². The van der Waals surface area contributed by atoms with E-state index in [2.05, 4.69) is 31.6 Å². The predicted octanol–water partition coefficient (Wildman–Crippen LogP) is 2.96. The summed E-state index contributed by atoms with van der Waals surface area (Å²) in [5.41, 5.74) is 2.65. The van der Waals surface area contributed by atoms with E-state index in [4.69, 9.17) is 4.74 Å². The van der Waals surface area contributed by atoms with Crippen LogP contribution in [0.2, 0.25) is 0 Å². The maximum absolute atomic E-state index is 11.3. The third kappa shape index (κ3) is 3.23. The van der Waals surface area contributed by atoms with Crippen LogP contribution in [0.4, 0.5) is 5.69 Å². The van der Waals surface area contributed by atoms with Crippen LogP contribution in [0.25, 0.3) is 0 Å². The summed E-state index contributed by atoms with van der Waals surface area (Å²) >= 11 is 0. The van der Waals surface area contributed by atoms with Crippen LogP contribution >= 0.6 is 0 Å². The maximum atomic E-state index is 11.3. The molecule has 0 spiro atoms. The molecular weight excluding hydrogens is 338 g/mol. The Bertz CT molecular complexity index is 771. The Morgan fingerprint density at radius 3 is 2.48 bits per heavy atom. The molecule has 2 aliphatic rings. The van der Waals surface area contributed by atoms with Gasteiger partial charge in [0.2, 0.25) is 10.0 Å². The summed E-state index contributed by atoms with van der Waals surface area (Å²) < 4.78 is 31.4. The monoisotopic (exact) mass is 365 g/mol. The van der Waals surface area contributed by atoms with Gasteiger partial charge in [-0.15, -0.1) is 0 Å². The number of anilines is 1. The van der Waals surface area contributed by atoms with Crippen LogP contribution in [0.3, 0.4) is 0 Å². The minimum atomic E-state index is -3.28. The second-order valence-electron chi connectivity index (χ2n) is 7.63. The number of nitrogens with one attached hydrogen (secondary N) is 1. The lowest BCUT2D eigenvalue weighted by molar-refractivity contribution is -0.165. The third-order valence-electron chi connectivity index (χ3n) is 6.09. The minimum Gasteiger partial charge on any atom is -0.396 e. The predicted molar refractivity (Wildman–Crippen MR) is 98.7 cm³/mol. The molecule has 1 fully saturated rings. The highest BCUT2D eigenvalue weighted by Gasteiger charge is 2.53. The van der Waals surface area contributed by atoms with Crippen LogP contribution in [0.15, 0.2) is 35.9 Å². The fourth-order valence-corrected chi connectivity index (χ4v) is 5.11. The normalized spacial score (nSPS) is 35.2. The Morgan fingerprint density at radius 1 is 1.28 bits per heavy atom. The van der Waals surface area contributed by atoms with Gasteiger partial charge in [-0.25, -0.2) is 8.42 Å². The molecule has 25 heavy (non-hydrogen) atoms. The smallest absolute Gasteiger partial charge is 0.229 e. The Hall–Kier alpha value is -1.37. The summed E-state index contributed by atoms with van der Waals surface area (Å²) in [5, 5.41) is 10.0. The number of allylic oxidation sites excluding steroid dienone is 1. The van der Waals surface area contributed by atoms with Crippen LogP contribution in [0.5, 0.6) is 0 Å². The average molecular weight is 365 g/mol. The summed E-state index contributed by atoms with van der Waals surface area (Å²) in [5.74, 6) is 0.807. The number of fused-ring (bicyclic) bond motifs is 2. The zero-order valence-electron chi connectivity index (χ0n) is 15.2. The van der Waals surface area contributed by atoms with E-state index in [0.717, 1.165) is 11.8 Å². The molecule has 5 unspecified atom stereocenters. The van der Waals surface area contributed by atoms with Crippen molar-refractivity contribution in [3.8, 4) is 0 Å². The molecular formula is C19H27NO4S. The van der Waals surface area contributed by atoms with Crippen LogP contribution < -0.4 is 4.72 Å². The minimum absolute atomic E-state index is 0.0780. The molecule has 0 aromatic heterocycles. The molecule has 1 aromatic rings. The molecule has 1 aromatic carbocycles. The van der Waals surface area contributed by atoms with E-state index in [-0.39, 0.29) is 30.0 Å². The van der Waals surface area contributed by atoms with Gasteiger partial charge in [0.15, 0.2) is 0 Å². The zero-order chi connectivity index (χ0) is 18.4. The van der Waals surface area contributed by atoms with Gasteiger partial charge >= 0.3 is 0 Å². The van der Waals surface area contributed by atoms with Crippen molar-refractivity contribution in [3.05, 3.63) is 41.5 Å². The van der Waals surface area contributed by atoms with E-state index < -0.39 is 10.0 Å². The van der Waals surface area contributed by atoms with E-state index in [1.54, 1.807) is 12.1 Å². The zero-order valence-corrected chi connectivity index (χ0v) is 16.0. The first-order chi connectivity index (χ1) is 11.7. The lowest BCUT2D eigenvalue weighted by atomic mass is 9.56. The standard InChI is InChI=1S/C19H27NO4S/c1-12-9-13(2)19(10-21)11-24-18(17(12)14(19)3)15-5-7-16(8-6-15)20-25(4,22)23/h5-9,13-14,17-18,20-21H,10-11H2,1-4H3. The summed E-state index contributed by atoms with van der Waals surface area (Å²) in [6.45, 7) is 7.16. The number of hydrogen-bond acceptors (Lipinski definition) is 4. The second-order valence-corrected chi connectivity index (χ2v) is 9.38. The number of benzene rings is 1. The van der Waals surface area contributed by atoms with Crippen molar-refractivity contribution in [2.75, 3.05) is 24.2 Å². The van der Waals surface area contributed by atoms with E-state index in [1.807, 2.05) is 12.1 Å². The highest BCUT2D eigenvalue weighted by molar-refractivity contribution is 7.92. The lowest BCUT2D eigenvalue weighted by Gasteiger charge is -2.55. The number of rotatable bonds is 4. The number of aliphatic hydroxyl groups excluding tert-OH is 1. The van der Waals surface area contributed by atoms with Gasteiger partial charge in [0.25, 0.3) is 0 Å². The van der Waals surface area contributed by atoms with Crippen LogP contribution in [0.1, 0.15) is 32.4 Å². The van der Waals surface area contributed by atoms with Gasteiger partial charge in [-0.2, -0.15) is 0 Å². The fourth-order valence-electron chi connectivity index (χ4n) is 4.54. The molecule has 0 saturated carbocycles. The van der Waals surface area contributed by atoms with Gasteiger partial charge in [0.1, 0.15) is 0 Å². The summed E-state index contributed by atoms with van der Waals surface area (Å²) in [7, 11) is -3.28. The van der Waals surface area contributed by atoms with Crippen LogP contribution in [-0.2, 0) is 14.8 Å². The topological polar surface area (TPSA) is 75.6 Å². The Balaban J connectivity index is 1.90. The van der Waals surface area contributed by atoms with Crippen molar-refractivity contribution in [3.63, 3.8) is 0 Å². The number of aliphatic hydroxyl groups is 1. The number of ether oxygens (including phenoxy) is 1. The number of hydrogen-bond donors (Lipinski definition) is 2. The summed E-state index contributed by atoms with van der Waals surface area (Å²) in [6, 6.07) is 7.37. The van der Waals surface area contributed by atoms with Gasteiger partial charge in [-0.1, -0.05) is 37.6 Å². The highest BCUT2D eigenvalue weighted by atomic mass is 32.2. The van der Waals surface area contributed by atoms with Gasteiger partial charge in [-0.3, -0.25) is 4.72 Å². The van der Waals surface area contributed by atoms with Crippen molar-refractivity contribution >= 4 is 15.7 Å². The molecule has 6 heteroatoms.